The molecule has 0 aromatic heterocycles. The van der Waals surface area contributed by atoms with Crippen LogP contribution >= 0.6 is 11.6 Å². The van der Waals surface area contributed by atoms with Gasteiger partial charge in [-0.25, -0.2) is 4.90 Å². The van der Waals surface area contributed by atoms with Crippen LogP contribution in [0.25, 0.3) is 5.57 Å². The van der Waals surface area contributed by atoms with Crippen molar-refractivity contribution in [3.8, 4) is 5.75 Å². The van der Waals surface area contributed by atoms with Crippen LogP contribution in [-0.4, -0.2) is 64.3 Å². The Balaban J connectivity index is 2.13. The number of ether oxygens (including phenoxy) is 3. The molecule has 1 aliphatic heterocycles. The van der Waals surface area contributed by atoms with Gasteiger partial charge in [0, 0.05) is 27.3 Å². The van der Waals surface area contributed by atoms with Crippen molar-refractivity contribution in [2.75, 3.05) is 52.5 Å². The number of amides is 2. The lowest BCUT2D eigenvalue weighted by molar-refractivity contribution is -0.120. The zero-order chi connectivity index (χ0) is 22.4. The predicted molar refractivity (Wildman–Crippen MR) is 119 cm³/mol. The molecule has 0 bridgehead atoms. The van der Waals surface area contributed by atoms with E-state index in [1.165, 1.54) is 0 Å². The maximum atomic E-state index is 13.6. The van der Waals surface area contributed by atoms with Crippen LogP contribution in [0.1, 0.15) is 5.56 Å². The molecule has 1 heterocycles. The molecule has 0 atom stereocenters. The molecule has 31 heavy (non-hydrogen) atoms. The molecular weight excluding hydrogens is 420 g/mol. The fraction of sp³-hybridized carbons (Fsp3) is 0.304. The van der Waals surface area contributed by atoms with Crippen molar-refractivity contribution < 1.29 is 23.8 Å². The lowest BCUT2D eigenvalue weighted by Crippen LogP contribution is -2.37. The van der Waals surface area contributed by atoms with Crippen molar-refractivity contribution in [2.24, 2.45) is 0 Å². The third-order valence-electron chi connectivity index (χ3n) is 4.98. The summed E-state index contributed by atoms with van der Waals surface area (Å²) >= 11 is 6.33. The summed E-state index contributed by atoms with van der Waals surface area (Å²) in [5, 5.41) is 0.319. The molecule has 0 spiro atoms. The number of benzene rings is 2. The van der Waals surface area contributed by atoms with Gasteiger partial charge < -0.3 is 19.1 Å². The van der Waals surface area contributed by atoms with Crippen molar-refractivity contribution in [3.63, 3.8) is 0 Å². The van der Waals surface area contributed by atoms with Gasteiger partial charge in [0.25, 0.3) is 11.8 Å². The molecule has 3 rings (SSSR count). The Bertz CT molecular complexity index is 966. The fourth-order valence-electron chi connectivity index (χ4n) is 3.42. The first-order chi connectivity index (χ1) is 15.0. The number of halogens is 1. The van der Waals surface area contributed by atoms with Gasteiger partial charge >= 0.3 is 0 Å². The fourth-order valence-corrected chi connectivity index (χ4v) is 3.64. The molecule has 0 saturated heterocycles. The van der Waals surface area contributed by atoms with Gasteiger partial charge in [-0.3, -0.25) is 9.59 Å². The van der Waals surface area contributed by atoms with Crippen LogP contribution in [0.5, 0.6) is 5.75 Å². The Morgan fingerprint density at radius 1 is 0.871 bits per heavy atom. The van der Waals surface area contributed by atoms with Gasteiger partial charge in [0.05, 0.1) is 36.6 Å². The van der Waals surface area contributed by atoms with Gasteiger partial charge in [-0.15, -0.1) is 0 Å². The van der Waals surface area contributed by atoms with E-state index in [2.05, 4.69) is 0 Å². The zero-order valence-electron chi connectivity index (χ0n) is 17.8. The summed E-state index contributed by atoms with van der Waals surface area (Å²) in [6.07, 6.45) is 0. The minimum atomic E-state index is -0.434. The van der Waals surface area contributed by atoms with Gasteiger partial charge in [-0.1, -0.05) is 35.9 Å². The van der Waals surface area contributed by atoms with Crippen LogP contribution in [0.3, 0.4) is 0 Å². The number of hydrogen-bond acceptors (Lipinski definition) is 6. The summed E-state index contributed by atoms with van der Waals surface area (Å²) in [4.78, 5) is 30.1. The number of carbonyl (C=O) groups is 2. The second kappa shape index (κ2) is 10.4. The van der Waals surface area contributed by atoms with Crippen LogP contribution in [0.4, 0.5) is 5.69 Å². The number of rotatable bonds is 10. The number of anilines is 1. The highest BCUT2D eigenvalue weighted by molar-refractivity contribution is 6.47. The van der Waals surface area contributed by atoms with Crippen molar-refractivity contribution in [2.45, 2.75) is 0 Å². The molecule has 2 amide bonds. The van der Waals surface area contributed by atoms with E-state index in [0.29, 0.717) is 59.6 Å². The Kier molecular flexibility index (Phi) is 7.68. The molecule has 0 fully saturated rings. The van der Waals surface area contributed by atoms with Crippen LogP contribution in [-0.2, 0) is 19.1 Å². The third kappa shape index (κ3) is 4.74. The number of para-hydroxylation sites is 1. The van der Waals surface area contributed by atoms with Crippen LogP contribution < -0.4 is 9.64 Å². The second-order valence-corrected chi connectivity index (χ2v) is 7.23. The Hall–Kier alpha value is -2.87. The van der Waals surface area contributed by atoms with Gasteiger partial charge in [-0.2, -0.15) is 0 Å². The number of nitrogens with zero attached hydrogens (tertiary/aromatic N) is 2. The van der Waals surface area contributed by atoms with Crippen molar-refractivity contribution in [1.29, 1.82) is 0 Å². The summed E-state index contributed by atoms with van der Waals surface area (Å²) in [7, 11) is 4.75. The van der Waals surface area contributed by atoms with Crippen LogP contribution in [0, 0.1) is 0 Å². The summed E-state index contributed by atoms with van der Waals surface area (Å²) < 4.78 is 15.7. The van der Waals surface area contributed by atoms with Gasteiger partial charge in [0.1, 0.15) is 11.4 Å². The molecule has 0 N–H and O–H groups in total. The molecule has 0 saturated carbocycles. The van der Waals surface area contributed by atoms with Gasteiger partial charge in [-0.05, 0) is 29.8 Å². The minimum Gasteiger partial charge on any atom is -0.497 e. The van der Waals surface area contributed by atoms with Crippen molar-refractivity contribution >= 4 is 34.7 Å². The van der Waals surface area contributed by atoms with Gasteiger partial charge in [0.2, 0.25) is 0 Å². The average molecular weight is 445 g/mol. The molecule has 2 aromatic carbocycles. The van der Waals surface area contributed by atoms with E-state index >= 15 is 0 Å². The van der Waals surface area contributed by atoms with Crippen molar-refractivity contribution in [1.82, 2.24) is 4.90 Å². The molecule has 0 radical (unpaired) electrons. The SMILES string of the molecule is COCCN(CCOC)C1=C(c2ccc(OC)cc2)C(=O)N(c2ccccc2Cl)C1=O. The van der Waals surface area contributed by atoms with E-state index in [-0.39, 0.29) is 0 Å². The number of carbonyl (C=O) groups excluding carboxylic acids is 2. The largest absolute Gasteiger partial charge is 0.497 e. The molecule has 0 aliphatic carbocycles. The molecule has 2 aromatic rings. The first-order valence-corrected chi connectivity index (χ1v) is 10.2. The highest BCUT2D eigenvalue weighted by atomic mass is 35.5. The first-order valence-electron chi connectivity index (χ1n) is 9.78. The Labute approximate surface area is 186 Å². The number of imide groups is 1. The third-order valence-corrected chi connectivity index (χ3v) is 5.30. The Morgan fingerprint density at radius 2 is 1.48 bits per heavy atom. The molecule has 8 heteroatoms. The topological polar surface area (TPSA) is 68.3 Å². The quantitative estimate of drug-likeness (QED) is 0.524. The summed E-state index contributed by atoms with van der Waals surface area (Å²) in [6.45, 7) is 1.61. The summed E-state index contributed by atoms with van der Waals surface area (Å²) in [5.41, 5.74) is 1.56. The summed E-state index contributed by atoms with van der Waals surface area (Å²) in [6, 6.07) is 13.8. The molecule has 7 nitrogen and oxygen atoms in total. The summed E-state index contributed by atoms with van der Waals surface area (Å²) in [5.74, 6) is -0.213. The zero-order valence-corrected chi connectivity index (χ0v) is 18.5. The molecule has 1 aliphatic rings. The van der Waals surface area contributed by atoms with Crippen LogP contribution in [0.2, 0.25) is 5.02 Å². The maximum absolute atomic E-state index is 13.6. The van der Waals surface area contributed by atoms with E-state index in [4.69, 9.17) is 25.8 Å². The van der Waals surface area contributed by atoms with Gasteiger partial charge in [0.15, 0.2) is 0 Å². The second-order valence-electron chi connectivity index (χ2n) is 6.82. The lowest BCUT2D eigenvalue weighted by Gasteiger charge is -2.25. The standard InChI is InChI=1S/C23H25ClN2O5/c1-29-14-12-25(13-15-30-2)21-20(16-8-10-17(31-3)11-9-16)22(27)26(23(21)28)19-7-5-4-6-18(19)24/h4-11H,12-15H2,1-3H3. The first kappa shape index (κ1) is 22.8. The van der Waals surface area contributed by atoms with Crippen molar-refractivity contribution in [3.05, 3.63) is 64.8 Å². The predicted octanol–water partition coefficient (Wildman–Crippen LogP) is 3.23. The molecule has 164 valence electrons. The monoisotopic (exact) mass is 444 g/mol. The lowest BCUT2D eigenvalue weighted by atomic mass is 10.0. The van der Waals surface area contributed by atoms with E-state index in [1.807, 2.05) is 4.90 Å². The Morgan fingerprint density at radius 3 is 2.03 bits per heavy atom. The van der Waals surface area contributed by atoms with E-state index in [9.17, 15) is 9.59 Å². The smallest absolute Gasteiger partial charge is 0.282 e. The normalized spacial score (nSPS) is 13.9. The maximum Gasteiger partial charge on any atom is 0.282 e. The highest BCUT2D eigenvalue weighted by Gasteiger charge is 2.43. The number of methoxy groups -OCH3 is 3. The molecule has 0 unspecified atom stereocenters. The van der Waals surface area contributed by atoms with E-state index < -0.39 is 11.8 Å². The molecular formula is C23H25ClN2O5. The minimum absolute atomic E-state index is 0.296. The van der Waals surface area contributed by atoms with E-state index in [1.54, 1.807) is 69.9 Å². The number of hydrogen-bond donors (Lipinski definition) is 0. The van der Waals surface area contributed by atoms with E-state index in [0.717, 1.165) is 4.90 Å². The van der Waals surface area contributed by atoms with Crippen LogP contribution in [0.15, 0.2) is 54.2 Å². The highest BCUT2D eigenvalue weighted by Crippen LogP contribution is 2.37. The average Bonchev–Trinajstić information content (AvgIpc) is 3.04.